The highest BCUT2D eigenvalue weighted by Gasteiger charge is 2.16. The Morgan fingerprint density at radius 3 is 3.13 bits per heavy atom. The first-order valence-electron chi connectivity index (χ1n) is 5.49. The summed E-state index contributed by atoms with van der Waals surface area (Å²) in [6.45, 7) is 4.29. The summed E-state index contributed by atoms with van der Waals surface area (Å²) in [7, 11) is 0. The largest absolute Gasteiger partial charge is 0.316 e. The first-order chi connectivity index (χ1) is 7.33. The molecule has 1 aliphatic rings. The van der Waals surface area contributed by atoms with Gasteiger partial charge < -0.3 is 9.72 Å². The van der Waals surface area contributed by atoms with E-state index in [0.29, 0.717) is 5.92 Å². The first-order valence-corrected chi connectivity index (χ1v) is 5.49. The molecule has 0 amide bonds. The van der Waals surface area contributed by atoms with E-state index in [1.54, 1.807) is 0 Å². The van der Waals surface area contributed by atoms with Gasteiger partial charge in [0.15, 0.2) is 0 Å². The minimum Gasteiger partial charge on any atom is -0.316 e. The van der Waals surface area contributed by atoms with Gasteiger partial charge in [0, 0.05) is 18.9 Å². The molecule has 0 bridgehead atoms. The fraction of sp³-hybridized carbons (Fsp3) is 0.417. The van der Waals surface area contributed by atoms with Gasteiger partial charge in [0.05, 0.1) is 5.69 Å². The van der Waals surface area contributed by atoms with Gasteiger partial charge in [-0.05, 0) is 37.4 Å². The topological polar surface area (TPSA) is 29.3 Å². The Morgan fingerprint density at radius 2 is 2.33 bits per heavy atom. The number of hydrogen-bond donors (Lipinski definition) is 1. The molecule has 15 heavy (non-hydrogen) atoms. The lowest BCUT2D eigenvalue weighted by atomic mass is 10.0. The maximum Gasteiger partial charge on any atom is 0.136 e. The molecule has 0 spiro atoms. The molecule has 1 saturated heterocycles. The summed E-state index contributed by atoms with van der Waals surface area (Å²) in [6.07, 6.45) is 5.55. The van der Waals surface area contributed by atoms with E-state index in [-0.39, 0.29) is 0 Å². The van der Waals surface area contributed by atoms with E-state index < -0.39 is 0 Å². The number of hydrogen-bond acceptors (Lipinski definition) is 2. The number of imidazole rings is 1. The fourth-order valence-electron chi connectivity index (χ4n) is 2.32. The van der Waals surface area contributed by atoms with Crippen LogP contribution < -0.4 is 5.32 Å². The van der Waals surface area contributed by atoms with Gasteiger partial charge in [-0.3, -0.25) is 0 Å². The first kappa shape index (κ1) is 8.92. The average Bonchev–Trinajstić information content (AvgIpc) is 2.82. The summed E-state index contributed by atoms with van der Waals surface area (Å²) in [6, 6.07) is 4.32. The van der Waals surface area contributed by atoms with Gasteiger partial charge >= 0.3 is 0 Å². The van der Waals surface area contributed by atoms with Crippen molar-refractivity contribution in [3.8, 4) is 0 Å². The van der Waals surface area contributed by atoms with Crippen molar-refractivity contribution in [3.05, 3.63) is 35.8 Å². The average molecular weight is 201 g/mol. The molecule has 0 saturated carbocycles. The molecule has 3 heterocycles. The summed E-state index contributed by atoms with van der Waals surface area (Å²) < 4.78 is 2.13. The molecule has 0 aromatic carbocycles. The van der Waals surface area contributed by atoms with Gasteiger partial charge in [-0.25, -0.2) is 4.98 Å². The van der Waals surface area contributed by atoms with Crippen molar-refractivity contribution in [2.75, 3.05) is 13.1 Å². The van der Waals surface area contributed by atoms with Crippen LogP contribution in [0.15, 0.2) is 24.5 Å². The number of nitrogens with zero attached hydrogens (tertiary/aromatic N) is 2. The Kier molecular flexibility index (Phi) is 1.99. The molecule has 2 aromatic rings. The second-order valence-corrected chi connectivity index (χ2v) is 4.30. The maximum absolute atomic E-state index is 4.43. The Bertz CT molecular complexity index is 481. The van der Waals surface area contributed by atoms with Crippen LogP contribution in [0.3, 0.4) is 0 Å². The summed E-state index contributed by atoms with van der Waals surface area (Å²) >= 11 is 0. The van der Waals surface area contributed by atoms with Crippen LogP contribution in [0.1, 0.15) is 23.6 Å². The van der Waals surface area contributed by atoms with Crippen LogP contribution in [0.25, 0.3) is 5.65 Å². The van der Waals surface area contributed by atoms with E-state index in [9.17, 15) is 0 Å². The smallest absolute Gasteiger partial charge is 0.136 e. The maximum atomic E-state index is 4.43. The minimum atomic E-state index is 0.678. The summed E-state index contributed by atoms with van der Waals surface area (Å²) in [5.41, 5.74) is 3.55. The molecular weight excluding hydrogens is 186 g/mol. The molecule has 2 aromatic heterocycles. The van der Waals surface area contributed by atoms with Crippen molar-refractivity contribution in [2.45, 2.75) is 19.3 Å². The number of nitrogens with one attached hydrogen (secondary N) is 1. The van der Waals surface area contributed by atoms with Gasteiger partial charge in [0.25, 0.3) is 0 Å². The Labute approximate surface area is 89.1 Å². The molecule has 1 aliphatic heterocycles. The van der Waals surface area contributed by atoms with E-state index in [2.05, 4.69) is 39.2 Å². The van der Waals surface area contributed by atoms with Gasteiger partial charge in [0.2, 0.25) is 0 Å². The normalized spacial score (nSPS) is 21.3. The van der Waals surface area contributed by atoms with Crippen molar-refractivity contribution in [1.29, 1.82) is 0 Å². The second-order valence-electron chi connectivity index (χ2n) is 4.30. The minimum absolute atomic E-state index is 0.678. The van der Waals surface area contributed by atoms with Gasteiger partial charge in [-0.15, -0.1) is 0 Å². The highest BCUT2D eigenvalue weighted by molar-refractivity contribution is 5.42. The highest BCUT2D eigenvalue weighted by Crippen LogP contribution is 2.22. The van der Waals surface area contributed by atoms with Crippen molar-refractivity contribution >= 4 is 5.65 Å². The molecule has 0 radical (unpaired) electrons. The van der Waals surface area contributed by atoms with E-state index in [4.69, 9.17) is 0 Å². The van der Waals surface area contributed by atoms with Crippen LogP contribution in [-0.2, 0) is 0 Å². The highest BCUT2D eigenvalue weighted by atomic mass is 15.0. The summed E-state index contributed by atoms with van der Waals surface area (Å²) in [5, 5.41) is 3.40. The predicted molar refractivity (Wildman–Crippen MR) is 60.2 cm³/mol. The fourth-order valence-corrected chi connectivity index (χ4v) is 2.32. The van der Waals surface area contributed by atoms with Gasteiger partial charge in [-0.1, -0.05) is 6.07 Å². The van der Waals surface area contributed by atoms with Crippen LogP contribution >= 0.6 is 0 Å². The zero-order valence-electron chi connectivity index (χ0n) is 8.90. The van der Waals surface area contributed by atoms with Crippen molar-refractivity contribution in [1.82, 2.24) is 14.7 Å². The van der Waals surface area contributed by atoms with Crippen molar-refractivity contribution < 1.29 is 0 Å². The van der Waals surface area contributed by atoms with Gasteiger partial charge in [0.1, 0.15) is 5.65 Å². The zero-order valence-corrected chi connectivity index (χ0v) is 8.90. The molecule has 3 heteroatoms. The SMILES string of the molecule is Cc1cn2cc(C3CCNC3)ccc2n1. The van der Waals surface area contributed by atoms with Crippen molar-refractivity contribution in [3.63, 3.8) is 0 Å². The molecule has 3 rings (SSSR count). The van der Waals surface area contributed by atoms with E-state index >= 15 is 0 Å². The monoisotopic (exact) mass is 201 g/mol. The second kappa shape index (κ2) is 3.35. The molecule has 1 N–H and O–H groups in total. The number of aryl methyl sites for hydroxylation is 1. The van der Waals surface area contributed by atoms with E-state index in [1.807, 2.05) is 6.92 Å². The van der Waals surface area contributed by atoms with Crippen LogP contribution in [0.5, 0.6) is 0 Å². The molecule has 1 unspecified atom stereocenters. The Hall–Kier alpha value is -1.35. The lowest BCUT2D eigenvalue weighted by Gasteiger charge is -2.08. The lowest BCUT2D eigenvalue weighted by Crippen LogP contribution is -2.08. The third-order valence-electron chi connectivity index (χ3n) is 3.13. The van der Waals surface area contributed by atoms with Gasteiger partial charge in [-0.2, -0.15) is 0 Å². The molecular formula is C12H15N3. The van der Waals surface area contributed by atoms with E-state index in [1.165, 1.54) is 12.0 Å². The molecule has 0 aliphatic carbocycles. The number of aromatic nitrogens is 2. The Balaban J connectivity index is 2.04. The summed E-state index contributed by atoms with van der Waals surface area (Å²) in [4.78, 5) is 4.43. The quantitative estimate of drug-likeness (QED) is 0.761. The number of fused-ring (bicyclic) bond motifs is 1. The number of pyridine rings is 1. The zero-order chi connectivity index (χ0) is 10.3. The van der Waals surface area contributed by atoms with E-state index in [0.717, 1.165) is 24.4 Å². The van der Waals surface area contributed by atoms with Crippen LogP contribution in [0.4, 0.5) is 0 Å². The third-order valence-corrected chi connectivity index (χ3v) is 3.13. The lowest BCUT2D eigenvalue weighted by molar-refractivity contribution is 0.757. The molecule has 3 nitrogen and oxygen atoms in total. The van der Waals surface area contributed by atoms with Crippen LogP contribution in [0, 0.1) is 6.92 Å². The van der Waals surface area contributed by atoms with Crippen LogP contribution in [-0.4, -0.2) is 22.5 Å². The molecule has 78 valence electrons. The summed E-state index contributed by atoms with van der Waals surface area (Å²) in [5.74, 6) is 0.678. The van der Waals surface area contributed by atoms with Crippen molar-refractivity contribution in [2.24, 2.45) is 0 Å². The Morgan fingerprint density at radius 1 is 1.40 bits per heavy atom. The molecule has 1 fully saturated rings. The number of rotatable bonds is 1. The molecule has 1 atom stereocenters. The predicted octanol–water partition coefficient (Wildman–Crippen LogP) is 1.72. The third kappa shape index (κ3) is 1.53. The van der Waals surface area contributed by atoms with Crippen LogP contribution in [0.2, 0.25) is 0 Å². The standard InChI is InChI=1S/C12H15N3/c1-9-7-15-8-11(2-3-12(15)14-9)10-4-5-13-6-10/h2-3,7-8,10,13H,4-6H2,1H3.